The van der Waals surface area contributed by atoms with Crippen molar-refractivity contribution < 1.29 is 13.2 Å². The van der Waals surface area contributed by atoms with Gasteiger partial charge in [0.05, 0.1) is 23.4 Å². The average molecular weight is 392 g/mol. The summed E-state index contributed by atoms with van der Waals surface area (Å²) < 4.78 is 24.5. The van der Waals surface area contributed by atoms with Gasteiger partial charge in [-0.15, -0.1) is 0 Å². The van der Waals surface area contributed by atoms with E-state index in [4.69, 9.17) is 5.26 Å². The highest BCUT2D eigenvalue weighted by Gasteiger charge is 2.20. The van der Waals surface area contributed by atoms with Gasteiger partial charge in [0, 0.05) is 6.54 Å². The van der Waals surface area contributed by atoms with Crippen molar-refractivity contribution in [2.75, 3.05) is 26.4 Å². The number of sulfone groups is 1. The second-order valence-electron chi connectivity index (χ2n) is 6.18. The van der Waals surface area contributed by atoms with Crippen molar-refractivity contribution >= 4 is 27.1 Å². The van der Waals surface area contributed by atoms with Gasteiger partial charge in [0.2, 0.25) is 5.91 Å². The van der Waals surface area contributed by atoms with E-state index in [0.29, 0.717) is 17.7 Å². The minimum absolute atomic E-state index is 0.00794. The van der Waals surface area contributed by atoms with Gasteiger partial charge in [0.15, 0.2) is 9.84 Å². The molecule has 0 aliphatic heterocycles. The highest BCUT2D eigenvalue weighted by molar-refractivity contribution is 7.91. The van der Waals surface area contributed by atoms with Crippen LogP contribution >= 0.6 is 11.3 Å². The van der Waals surface area contributed by atoms with Crippen LogP contribution in [0.15, 0.2) is 41.1 Å². The van der Waals surface area contributed by atoms with E-state index < -0.39 is 21.5 Å². The van der Waals surface area contributed by atoms with E-state index in [-0.39, 0.29) is 11.8 Å². The monoisotopic (exact) mass is 391 g/mol. The number of hydrogen-bond donors (Lipinski definition) is 1. The smallest absolute Gasteiger partial charge is 0.235 e. The van der Waals surface area contributed by atoms with E-state index in [2.05, 4.69) is 5.32 Å². The number of likely N-dealkylation sites (N-methyl/N-ethyl adjacent to an activating group) is 1. The number of amides is 1. The summed E-state index contributed by atoms with van der Waals surface area (Å²) >= 11 is 1.58. The molecule has 1 unspecified atom stereocenters. The Kier molecular flexibility index (Phi) is 6.91. The molecule has 0 bridgehead atoms. The first-order chi connectivity index (χ1) is 12.3. The van der Waals surface area contributed by atoms with Gasteiger partial charge in [-0.05, 0) is 54.2 Å². The van der Waals surface area contributed by atoms with Crippen LogP contribution in [0.25, 0.3) is 0 Å². The lowest BCUT2D eigenvalue weighted by atomic mass is 10.1. The Bertz CT molecular complexity index is 867. The first-order valence-corrected chi connectivity index (χ1v) is 10.7. The van der Waals surface area contributed by atoms with E-state index in [0.717, 1.165) is 5.56 Å². The number of nitrogens with one attached hydrogen (secondary N) is 1. The fourth-order valence-corrected chi connectivity index (χ4v) is 4.52. The Morgan fingerprint density at radius 3 is 2.50 bits per heavy atom. The molecule has 26 heavy (non-hydrogen) atoms. The summed E-state index contributed by atoms with van der Waals surface area (Å²) in [7, 11) is 0.244. The van der Waals surface area contributed by atoms with Crippen molar-refractivity contribution in [3.05, 3.63) is 57.8 Å². The largest absolute Gasteiger partial charge is 0.353 e. The summed E-state index contributed by atoms with van der Waals surface area (Å²) in [6.45, 7) is 0.342. The molecule has 0 radical (unpaired) electrons. The number of carbonyl (C=O) groups is 1. The molecular weight excluding hydrogens is 370 g/mol. The molecule has 0 aliphatic carbocycles. The standard InChI is InChI=1S/C18H21N3O3S2/c1-21(2)17(16-7-8-25-11-16)10-20-18(22)13-26(23,24)12-15-5-3-14(9-19)4-6-15/h3-8,11,17H,10,12-13H2,1-2H3,(H,20,22). The molecule has 1 N–H and O–H groups in total. The predicted octanol–water partition coefficient (Wildman–Crippen LogP) is 1.95. The van der Waals surface area contributed by atoms with Crippen LogP contribution in [0.1, 0.15) is 22.7 Å². The molecule has 0 saturated heterocycles. The van der Waals surface area contributed by atoms with E-state index in [9.17, 15) is 13.2 Å². The molecule has 1 aromatic heterocycles. The zero-order valence-electron chi connectivity index (χ0n) is 14.7. The Morgan fingerprint density at radius 1 is 1.27 bits per heavy atom. The molecule has 0 saturated carbocycles. The topological polar surface area (TPSA) is 90.3 Å². The van der Waals surface area contributed by atoms with Gasteiger partial charge in [0.1, 0.15) is 5.75 Å². The van der Waals surface area contributed by atoms with Gasteiger partial charge >= 0.3 is 0 Å². The van der Waals surface area contributed by atoms with Crippen molar-refractivity contribution in [1.29, 1.82) is 5.26 Å². The number of rotatable bonds is 8. The minimum Gasteiger partial charge on any atom is -0.353 e. The van der Waals surface area contributed by atoms with Crippen molar-refractivity contribution in [2.45, 2.75) is 11.8 Å². The van der Waals surface area contributed by atoms with Crippen LogP contribution < -0.4 is 5.32 Å². The third-order valence-corrected chi connectivity index (χ3v) is 6.04. The Hall–Kier alpha value is -2.21. The van der Waals surface area contributed by atoms with Crippen LogP contribution in [-0.2, 0) is 20.4 Å². The fourth-order valence-electron chi connectivity index (χ4n) is 2.50. The number of benzene rings is 1. The lowest BCUT2D eigenvalue weighted by Crippen LogP contribution is -2.37. The fraction of sp³-hybridized carbons (Fsp3) is 0.333. The van der Waals surface area contributed by atoms with E-state index >= 15 is 0 Å². The number of carbonyl (C=O) groups excluding carboxylic acids is 1. The molecule has 2 aromatic rings. The number of thiophene rings is 1. The van der Waals surface area contributed by atoms with Gasteiger partial charge < -0.3 is 10.2 Å². The van der Waals surface area contributed by atoms with Crippen LogP contribution in [0.3, 0.4) is 0 Å². The lowest BCUT2D eigenvalue weighted by Gasteiger charge is -2.24. The summed E-state index contributed by atoms with van der Waals surface area (Å²) in [6, 6.07) is 10.3. The molecule has 0 aliphatic rings. The van der Waals surface area contributed by atoms with Crippen LogP contribution in [0.2, 0.25) is 0 Å². The predicted molar refractivity (Wildman–Crippen MR) is 102 cm³/mol. The molecular formula is C18H21N3O3S2. The maximum Gasteiger partial charge on any atom is 0.235 e. The molecule has 1 atom stereocenters. The molecule has 1 aromatic carbocycles. The first-order valence-electron chi connectivity index (χ1n) is 7.95. The third-order valence-electron chi connectivity index (χ3n) is 3.86. The molecule has 1 heterocycles. The zero-order valence-corrected chi connectivity index (χ0v) is 16.3. The van der Waals surface area contributed by atoms with Crippen LogP contribution in [0, 0.1) is 11.3 Å². The summed E-state index contributed by atoms with van der Waals surface area (Å²) in [5, 5.41) is 15.5. The van der Waals surface area contributed by atoms with Crippen LogP contribution in [0.4, 0.5) is 0 Å². The maximum absolute atomic E-state index is 12.2. The molecule has 2 rings (SSSR count). The molecule has 8 heteroatoms. The van der Waals surface area contributed by atoms with Gasteiger partial charge in [-0.1, -0.05) is 12.1 Å². The third kappa shape index (κ3) is 5.95. The number of nitrogens with zero attached hydrogens (tertiary/aromatic N) is 2. The molecule has 0 fully saturated rings. The Morgan fingerprint density at radius 2 is 1.96 bits per heavy atom. The van der Waals surface area contributed by atoms with Gasteiger partial charge in [-0.3, -0.25) is 4.79 Å². The van der Waals surface area contributed by atoms with Crippen molar-refractivity contribution in [3.63, 3.8) is 0 Å². The molecule has 138 valence electrons. The van der Waals surface area contributed by atoms with Crippen molar-refractivity contribution in [3.8, 4) is 6.07 Å². The van der Waals surface area contributed by atoms with E-state index in [1.807, 2.05) is 41.9 Å². The van der Waals surface area contributed by atoms with Crippen molar-refractivity contribution in [1.82, 2.24) is 10.2 Å². The SMILES string of the molecule is CN(C)C(CNC(=O)CS(=O)(=O)Cc1ccc(C#N)cc1)c1ccsc1. The van der Waals surface area contributed by atoms with Crippen molar-refractivity contribution in [2.24, 2.45) is 0 Å². The number of nitriles is 1. The Balaban J connectivity index is 1.92. The lowest BCUT2D eigenvalue weighted by molar-refractivity contribution is -0.118. The summed E-state index contributed by atoms with van der Waals surface area (Å²) in [5.41, 5.74) is 2.11. The number of hydrogen-bond acceptors (Lipinski definition) is 6. The summed E-state index contributed by atoms with van der Waals surface area (Å²) in [6.07, 6.45) is 0. The summed E-state index contributed by atoms with van der Waals surface area (Å²) in [5.74, 6) is -1.30. The van der Waals surface area contributed by atoms with Gasteiger partial charge in [-0.2, -0.15) is 16.6 Å². The first kappa shape index (κ1) is 20.1. The van der Waals surface area contributed by atoms with Gasteiger partial charge in [0.25, 0.3) is 0 Å². The minimum atomic E-state index is -3.58. The molecule has 1 amide bonds. The van der Waals surface area contributed by atoms with Crippen LogP contribution in [-0.4, -0.2) is 45.6 Å². The average Bonchev–Trinajstić information content (AvgIpc) is 3.08. The highest BCUT2D eigenvalue weighted by Crippen LogP contribution is 2.20. The second kappa shape index (κ2) is 8.94. The molecule has 0 spiro atoms. The van der Waals surface area contributed by atoms with Crippen LogP contribution in [0.5, 0.6) is 0 Å². The molecule has 6 nitrogen and oxygen atoms in total. The quantitative estimate of drug-likeness (QED) is 0.743. The normalized spacial score (nSPS) is 12.5. The van der Waals surface area contributed by atoms with Gasteiger partial charge in [-0.25, -0.2) is 8.42 Å². The Labute approximate surface area is 158 Å². The highest BCUT2D eigenvalue weighted by atomic mass is 32.2. The summed E-state index contributed by atoms with van der Waals surface area (Å²) in [4.78, 5) is 14.1. The van der Waals surface area contributed by atoms with E-state index in [1.165, 1.54) is 0 Å². The zero-order chi connectivity index (χ0) is 19.2. The maximum atomic E-state index is 12.2. The second-order valence-corrected chi connectivity index (χ2v) is 9.03. The van der Waals surface area contributed by atoms with E-state index in [1.54, 1.807) is 35.6 Å².